The molecule has 1 heterocycles. The largest absolute Gasteiger partial charge is 0.315 e. The van der Waals surface area contributed by atoms with Gasteiger partial charge in [-0.2, -0.15) is 4.31 Å². The lowest BCUT2D eigenvalue weighted by molar-refractivity contribution is 0.258. The summed E-state index contributed by atoms with van der Waals surface area (Å²) in [5.41, 5.74) is 6.27. The third-order valence-electron chi connectivity index (χ3n) is 3.22. The van der Waals surface area contributed by atoms with Crippen molar-refractivity contribution >= 4 is 10.0 Å². The van der Waals surface area contributed by atoms with E-state index in [1.165, 1.54) is 16.4 Å². The summed E-state index contributed by atoms with van der Waals surface area (Å²) >= 11 is 0. The lowest BCUT2D eigenvalue weighted by Crippen LogP contribution is -2.48. The number of nitrogens with zero attached hydrogens (tertiary/aromatic N) is 1. The molecule has 1 aliphatic rings. The molecule has 18 heavy (non-hydrogen) atoms. The van der Waals surface area contributed by atoms with Crippen LogP contribution in [0.4, 0.5) is 4.39 Å². The van der Waals surface area contributed by atoms with Gasteiger partial charge in [0.1, 0.15) is 5.82 Å². The van der Waals surface area contributed by atoms with E-state index < -0.39 is 22.0 Å². The minimum absolute atomic E-state index is 0.140. The van der Waals surface area contributed by atoms with Crippen LogP contribution in [-0.4, -0.2) is 25.4 Å². The van der Waals surface area contributed by atoms with E-state index in [1.807, 2.05) is 0 Å². The lowest BCUT2D eigenvalue weighted by Gasteiger charge is -2.32. The predicted octanol–water partition coefficient (Wildman–Crippen LogP) is 1.59. The molecule has 0 aromatic heterocycles. The highest BCUT2D eigenvalue weighted by molar-refractivity contribution is 7.89. The van der Waals surface area contributed by atoms with Crippen molar-refractivity contribution in [1.82, 2.24) is 4.31 Å². The molecule has 0 amide bonds. The van der Waals surface area contributed by atoms with Gasteiger partial charge >= 0.3 is 0 Å². The van der Waals surface area contributed by atoms with Crippen molar-refractivity contribution in [3.05, 3.63) is 29.6 Å². The minimum atomic E-state index is -3.62. The van der Waals surface area contributed by atoms with Gasteiger partial charge in [-0.15, -0.1) is 0 Å². The van der Waals surface area contributed by atoms with Crippen LogP contribution in [0.2, 0.25) is 0 Å². The summed E-state index contributed by atoms with van der Waals surface area (Å²) < 4.78 is 39.2. The van der Waals surface area contributed by atoms with Gasteiger partial charge in [-0.1, -0.05) is 0 Å². The van der Waals surface area contributed by atoms with Crippen LogP contribution in [0.15, 0.2) is 23.1 Å². The van der Waals surface area contributed by atoms with Gasteiger partial charge in [0.05, 0.1) is 11.1 Å². The quantitative estimate of drug-likeness (QED) is 0.889. The molecule has 0 spiro atoms. The Balaban J connectivity index is 2.41. The van der Waals surface area contributed by atoms with Gasteiger partial charge in [0.2, 0.25) is 10.0 Å². The SMILES string of the molecule is Cc1cc(F)ccc1S(=O)(=O)N1CCCCC1N. The molecule has 100 valence electrons. The molecule has 0 saturated carbocycles. The lowest BCUT2D eigenvalue weighted by atomic mass is 10.1. The van der Waals surface area contributed by atoms with Crippen LogP contribution < -0.4 is 5.73 Å². The zero-order valence-corrected chi connectivity index (χ0v) is 11.1. The van der Waals surface area contributed by atoms with Crippen molar-refractivity contribution in [3.8, 4) is 0 Å². The van der Waals surface area contributed by atoms with Crippen molar-refractivity contribution in [2.75, 3.05) is 6.54 Å². The highest BCUT2D eigenvalue weighted by Crippen LogP contribution is 2.25. The first-order chi connectivity index (χ1) is 8.43. The molecule has 0 radical (unpaired) electrons. The number of hydrogen-bond acceptors (Lipinski definition) is 3. The molecular weight excluding hydrogens is 255 g/mol. The second kappa shape index (κ2) is 4.95. The molecule has 6 heteroatoms. The normalized spacial score (nSPS) is 22.1. The second-order valence-electron chi connectivity index (χ2n) is 4.59. The molecular formula is C12H17FN2O2S. The van der Waals surface area contributed by atoms with E-state index >= 15 is 0 Å². The first-order valence-corrected chi connectivity index (χ1v) is 7.40. The zero-order chi connectivity index (χ0) is 13.3. The summed E-state index contributed by atoms with van der Waals surface area (Å²) in [6.07, 6.45) is 1.94. The van der Waals surface area contributed by atoms with Gasteiger partial charge in [0.15, 0.2) is 0 Å². The Morgan fingerprint density at radius 3 is 2.72 bits per heavy atom. The second-order valence-corrected chi connectivity index (χ2v) is 6.45. The fourth-order valence-corrected chi connectivity index (χ4v) is 4.05. The standard InChI is InChI=1S/C12H17FN2O2S/c1-9-8-10(13)5-6-11(9)18(16,17)15-7-3-2-4-12(15)14/h5-6,8,12H,2-4,7,14H2,1H3. The van der Waals surface area contributed by atoms with Gasteiger partial charge in [-0.05, 0) is 49.9 Å². The summed E-state index contributed by atoms with van der Waals surface area (Å²) in [4.78, 5) is 0.140. The highest BCUT2D eigenvalue weighted by Gasteiger charge is 2.32. The van der Waals surface area contributed by atoms with E-state index in [1.54, 1.807) is 6.92 Å². The maximum absolute atomic E-state index is 13.0. The molecule has 1 aliphatic heterocycles. The summed E-state index contributed by atoms with van der Waals surface area (Å²) in [6, 6.07) is 3.69. The maximum atomic E-state index is 13.0. The van der Waals surface area contributed by atoms with Crippen molar-refractivity contribution in [2.45, 2.75) is 37.2 Å². The van der Waals surface area contributed by atoms with Gasteiger partial charge < -0.3 is 5.73 Å². The van der Waals surface area contributed by atoms with E-state index in [9.17, 15) is 12.8 Å². The number of aryl methyl sites for hydroxylation is 1. The molecule has 0 bridgehead atoms. The summed E-state index contributed by atoms with van der Waals surface area (Å²) in [6.45, 7) is 2.02. The number of benzene rings is 1. The third-order valence-corrected chi connectivity index (χ3v) is 5.31. The average molecular weight is 272 g/mol. The number of rotatable bonds is 2. The molecule has 1 aromatic rings. The molecule has 1 fully saturated rings. The van der Waals surface area contributed by atoms with Gasteiger partial charge in [-0.3, -0.25) is 0 Å². The molecule has 2 N–H and O–H groups in total. The summed E-state index contributed by atoms with van der Waals surface area (Å²) in [5.74, 6) is -0.436. The van der Waals surface area contributed by atoms with Gasteiger partial charge in [0, 0.05) is 6.54 Å². The molecule has 0 aliphatic carbocycles. The predicted molar refractivity (Wildman–Crippen MR) is 66.9 cm³/mol. The number of halogens is 1. The summed E-state index contributed by atoms with van der Waals surface area (Å²) in [7, 11) is -3.62. The maximum Gasteiger partial charge on any atom is 0.244 e. The Hall–Kier alpha value is -0.980. The zero-order valence-electron chi connectivity index (χ0n) is 10.3. The monoisotopic (exact) mass is 272 g/mol. The van der Waals surface area contributed by atoms with Crippen LogP contribution in [0.1, 0.15) is 24.8 Å². The highest BCUT2D eigenvalue weighted by atomic mass is 32.2. The molecule has 1 aromatic carbocycles. The first-order valence-electron chi connectivity index (χ1n) is 5.96. The van der Waals surface area contributed by atoms with E-state index in [0.29, 0.717) is 18.5 Å². The van der Waals surface area contributed by atoms with Crippen molar-refractivity contribution < 1.29 is 12.8 Å². The third kappa shape index (κ3) is 2.41. The molecule has 1 saturated heterocycles. The molecule has 2 rings (SSSR count). The molecule has 1 atom stereocenters. The number of nitrogens with two attached hydrogens (primary N) is 1. The first kappa shape index (κ1) is 13.5. The number of hydrogen-bond donors (Lipinski definition) is 1. The van der Waals surface area contributed by atoms with Crippen LogP contribution in [0.5, 0.6) is 0 Å². The van der Waals surface area contributed by atoms with Crippen LogP contribution in [0.25, 0.3) is 0 Å². The van der Waals surface area contributed by atoms with Gasteiger partial charge in [-0.25, -0.2) is 12.8 Å². The van der Waals surface area contributed by atoms with Gasteiger partial charge in [0.25, 0.3) is 0 Å². The van der Waals surface area contributed by atoms with E-state index in [2.05, 4.69) is 0 Å². The molecule has 1 unspecified atom stereocenters. The Morgan fingerprint density at radius 2 is 2.11 bits per heavy atom. The van der Waals surface area contributed by atoms with Crippen molar-refractivity contribution in [3.63, 3.8) is 0 Å². The Morgan fingerprint density at radius 1 is 1.39 bits per heavy atom. The Kier molecular flexibility index (Phi) is 3.70. The van der Waals surface area contributed by atoms with E-state index in [-0.39, 0.29) is 4.90 Å². The smallest absolute Gasteiger partial charge is 0.244 e. The van der Waals surface area contributed by atoms with Crippen LogP contribution in [-0.2, 0) is 10.0 Å². The molecule has 4 nitrogen and oxygen atoms in total. The van der Waals surface area contributed by atoms with E-state index in [0.717, 1.165) is 18.9 Å². The van der Waals surface area contributed by atoms with Crippen LogP contribution in [0.3, 0.4) is 0 Å². The average Bonchev–Trinajstić information content (AvgIpc) is 2.28. The van der Waals surface area contributed by atoms with Crippen LogP contribution in [0, 0.1) is 12.7 Å². The van der Waals surface area contributed by atoms with Crippen LogP contribution >= 0.6 is 0 Å². The topological polar surface area (TPSA) is 63.4 Å². The minimum Gasteiger partial charge on any atom is -0.315 e. The van der Waals surface area contributed by atoms with E-state index in [4.69, 9.17) is 5.73 Å². The fourth-order valence-electron chi connectivity index (χ4n) is 2.26. The Bertz CT molecular complexity index is 545. The summed E-state index contributed by atoms with van der Waals surface area (Å²) in [5, 5.41) is 0. The fraction of sp³-hybridized carbons (Fsp3) is 0.500. The van der Waals surface area contributed by atoms with Crippen molar-refractivity contribution in [1.29, 1.82) is 0 Å². The number of sulfonamides is 1. The number of piperidine rings is 1. The Labute approximate surface area is 107 Å². The van der Waals surface area contributed by atoms with Crippen molar-refractivity contribution in [2.24, 2.45) is 5.73 Å².